The highest BCUT2D eigenvalue weighted by molar-refractivity contribution is 5.93. The molecule has 124 valence electrons. The highest BCUT2D eigenvalue weighted by Crippen LogP contribution is 2.10. The Kier molecular flexibility index (Phi) is 6.34. The van der Waals surface area contributed by atoms with Crippen molar-refractivity contribution in [2.24, 2.45) is 5.73 Å². The minimum atomic E-state index is -0.756. The van der Waals surface area contributed by atoms with Gasteiger partial charge in [0.25, 0.3) is 5.91 Å². The second-order valence-corrected chi connectivity index (χ2v) is 5.35. The molecule has 2 aromatic rings. The third-order valence-corrected chi connectivity index (χ3v) is 3.35. The van der Waals surface area contributed by atoms with E-state index in [1.807, 2.05) is 30.3 Å². The van der Waals surface area contributed by atoms with Gasteiger partial charge in [-0.15, -0.1) is 0 Å². The van der Waals surface area contributed by atoms with Crippen molar-refractivity contribution >= 4 is 5.91 Å². The molecule has 0 spiro atoms. The second-order valence-electron chi connectivity index (χ2n) is 5.35. The normalized spacial score (nSPS) is 12.1. The Balaban J connectivity index is 1.75. The summed E-state index contributed by atoms with van der Waals surface area (Å²) in [6.07, 6.45) is 0.618. The summed E-state index contributed by atoms with van der Waals surface area (Å²) in [5.41, 5.74) is 6.91. The standard InChI is InChI=1S/C17H22N2O4/c1-19(17(21)14-7-16(8-18)23-11-14)9-15(20)12-22-10-13-5-3-2-4-6-13/h2-7,11,15,20H,8-10,12,18H2,1H3. The number of aliphatic hydroxyl groups excluding tert-OH is 1. The van der Waals surface area contributed by atoms with Crippen LogP contribution in [0.4, 0.5) is 0 Å². The molecule has 0 aliphatic heterocycles. The van der Waals surface area contributed by atoms with E-state index >= 15 is 0 Å². The fraction of sp³-hybridized carbons (Fsp3) is 0.353. The topological polar surface area (TPSA) is 88.9 Å². The Morgan fingerprint density at radius 2 is 2.13 bits per heavy atom. The van der Waals surface area contributed by atoms with Crippen molar-refractivity contribution in [3.63, 3.8) is 0 Å². The predicted molar refractivity (Wildman–Crippen MR) is 85.7 cm³/mol. The van der Waals surface area contributed by atoms with Crippen LogP contribution < -0.4 is 5.73 Å². The molecule has 3 N–H and O–H groups in total. The molecule has 0 aliphatic rings. The van der Waals surface area contributed by atoms with Crippen LogP contribution in [0.5, 0.6) is 0 Å². The molecule has 0 saturated carbocycles. The van der Waals surface area contributed by atoms with Crippen molar-refractivity contribution in [2.75, 3.05) is 20.2 Å². The summed E-state index contributed by atoms with van der Waals surface area (Å²) in [6, 6.07) is 11.3. The zero-order valence-corrected chi connectivity index (χ0v) is 13.1. The molecular weight excluding hydrogens is 296 g/mol. The van der Waals surface area contributed by atoms with Gasteiger partial charge in [-0.1, -0.05) is 30.3 Å². The van der Waals surface area contributed by atoms with E-state index in [1.165, 1.54) is 11.2 Å². The zero-order chi connectivity index (χ0) is 16.7. The molecule has 0 radical (unpaired) electrons. The number of furan rings is 1. The lowest BCUT2D eigenvalue weighted by Gasteiger charge is -2.20. The van der Waals surface area contributed by atoms with Gasteiger partial charge >= 0.3 is 0 Å². The summed E-state index contributed by atoms with van der Waals surface area (Å²) in [7, 11) is 1.62. The number of carbonyl (C=O) groups excluding carboxylic acids is 1. The lowest BCUT2D eigenvalue weighted by atomic mass is 10.2. The number of aliphatic hydroxyl groups is 1. The van der Waals surface area contributed by atoms with Crippen LogP contribution in [0.25, 0.3) is 0 Å². The number of benzene rings is 1. The predicted octanol–water partition coefficient (Wildman–Crippen LogP) is 1.39. The Morgan fingerprint density at radius 1 is 1.39 bits per heavy atom. The van der Waals surface area contributed by atoms with Crippen molar-refractivity contribution < 1.29 is 19.1 Å². The smallest absolute Gasteiger partial charge is 0.256 e. The van der Waals surface area contributed by atoms with E-state index in [9.17, 15) is 9.90 Å². The number of ether oxygens (including phenoxy) is 1. The molecule has 6 nitrogen and oxygen atoms in total. The maximum absolute atomic E-state index is 12.2. The summed E-state index contributed by atoms with van der Waals surface area (Å²) < 4.78 is 10.6. The highest BCUT2D eigenvalue weighted by atomic mass is 16.5. The molecule has 1 aromatic heterocycles. The van der Waals surface area contributed by atoms with Gasteiger partial charge in [0.2, 0.25) is 0 Å². The van der Waals surface area contributed by atoms with E-state index in [1.54, 1.807) is 13.1 Å². The third kappa shape index (κ3) is 5.21. The zero-order valence-electron chi connectivity index (χ0n) is 13.1. The van der Waals surface area contributed by atoms with Crippen molar-refractivity contribution in [3.8, 4) is 0 Å². The van der Waals surface area contributed by atoms with E-state index < -0.39 is 6.10 Å². The van der Waals surface area contributed by atoms with Gasteiger partial charge in [0.1, 0.15) is 12.0 Å². The van der Waals surface area contributed by atoms with Gasteiger partial charge in [0.05, 0.1) is 31.4 Å². The maximum atomic E-state index is 12.2. The minimum absolute atomic E-state index is 0.159. The number of rotatable bonds is 8. The first kappa shape index (κ1) is 17.2. The van der Waals surface area contributed by atoms with E-state index in [0.29, 0.717) is 17.9 Å². The number of likely N-dealkylation sites (N-methyl/N-ethyl adjacent to an activating group) is 1. The second kappa shape index (κ2) is 8.47. The molecule has 0 saturated heterocycles. The lowest BCUT2D eigenvalue weighted by molar-refractivity contribution is 0.0137. The van der Waals surface area contributed by atoms with Gasteiger partial charge in [-0.2, -0.15) is 0 Å². The Bertz CT molecular complexity index is 612. The Hall–Kier alpha value is -2.15. The summed E-state index contributed by atoms with van der Waals surface area (Å²) in [4.78, 5) is 13.6. The van der Waals surface area contributed by atoms with Crippen LogP contribution >= 0.6 is 0 Å². The van der Waals surface area contributed by atoms with Crippen molar-refractivity contribution in [2.45, 2.75) is 19.3 Å². The molecule has 0 aliphatic carbocycles. The van der Waals surface area contributed by atoms with Crippen molar-refractivity contribution in [1.29, 1.82) is 0 Å². The molecule has 1 atom stereocenters. The molecule has 1 unspecified atom stereocenters. The molecule has 1 heterocycles. The third-order valence-electron chi connectivity index (χ3n) is 3.35. The lowest BCUT2D eigenvalue weighted by Crippen LogP contribution is -2.36. The summed E-state index contributed by atoms with van der Waals surface area (Å²) in [5, 5.41) is 9.98. The molecule has 0 bridgehead atoms. The first-order valence-corrected chi connectivity index (χ1v) is 7.43. The molecule has 6 heteroatoms. The van der Waals surface area contributed by atoms with Gasteiger partial charge < -0.3 is 24.9 Å². The van der Waals surface area contributed by atoms with Crippen LogP contribution in [0.15, 0.2) is 47.1 Å². The number of hydrogen-bond acceptors (Lipinski definition) is 5. The Morgan fingerprint density at radius 3 is 2.78 bits per heavy atom. The fourth-order valence-corrected chi connectivity index (χ4v) is 2.16. The van der Waals surface area contributed by atoms with Gasteiger partial charge in [-0.3, -0.25) is 4.79 Å². The van der Waals surface area contributed by atoms with Gasteiger partial charge in [-0.05, 0) is 11.6 Å². The van der Waals surface area contributed by atoms with Crippen LogP contribution in [-0.2, 0) is 17.9 Å². The summed E-state index contributed by atoms with van der Waals surface area (Å²) >= 11 is 0. The van der Waals surface area contributed by atoms with Crippen molar-refractivity contribution in [1.82, 2.24) is 4.90 Å². The average Bonchev–Trinajstić information content (AvgIpc) is 3.04. The van der Waals surface area contributed by atoms with Gasteiger partial charge in [0, 0.05) is 13.6 Å². The number of nitrogens with two attached hydrogens (primary N) is 1. The van der Waals surface area contributed by atoms with Gasteiger partial charge in [0.15, 0.2) is 0 Å². The SMILES string of the molecule is CN(CC(O)COCc1ccccc1)C(=O)c1coc(CN)c1. The van der Waals surface area contributed by atoms with Crippen molar-refractivity contribution in [3.05, 3.63) is 59.5 Å². The first-order chi connectivity index (χ1) is 11.1. The van der Waals surface area contributed by atoms with Crippen LogP contribution in [0, 0.1) is 0 Å². The van der Waals surface area contributed by atoms with Gasteiger partial charge in [-0.25, -0.2) is 0 Å². The summed E-state index contributed by atoms with van der Waals surface area (Å²) in [6.45, 7) is 1.01. The summed E-state index contributed by atoms with van der Waals surface area (Å²) in [5.74, 6) is 0.323. The molecule has 23 heavy (non-hydrogen) atoms. The number of nitrogens with zero attached hydrogens (tertiary/aromatic N) is 1. The fourth-order valence-electron chi connectivity index (χ4n) is 2.16. The highest BCUT2D eigenvalue weighted by Gasteiger charge is 2.17. The molecule has 1 aromatic carbocycles. The van der Waals surface area contributed by atoms with E-state index in [0.717, 1.165) is 5.56 Å². The quantitative estimate of drug-likeness (QED) is 0.768. The average molecular weight is 318 g/mol. The monoisotopic (exact) mass is 318 g/mol. The Labute approximate surface area is 135 Å². The maximum Gasteiger partial charge on any atom is 0.256 e. The number of amides is 1. The van der Waals surface area contributed by atoms with E-state index in [2.05, 4.69) is 0 Å². The van der Waals surface area contributed by atoms with Crippen LogP contribution in [0.1, 0.15) is 21.7 Å². The largest absolute Gasteiger partial charge is 0.467 e. The molecule has 0 fully saturated rings. The minimum Gasteiger partial charge on any atom is -0.467 e. The van der Waals surface area contributed by atoms with E-state index in [4.69, 9.17) is 14.9 Å². The van der Waals surface area contributed by atoms with Crippen LogP contribution in [0.3, 0.4) is 0 Å². The molecule has 1 amide bonds. The first-order valence-electron chi connectivity index (χ1n) is 7.43. The van der Waals surface area contributed by atoms with Crippen LogP contribution in [0.2, 0.25) is 0 Å². The van der Waals surface area contributed by atoms with E-state index in [-0.39, 0.29) is 25.6 Å². The molecular formula is C17H22N2O4. The molecule has 2 rings (SSSR count). The van der Waals surface area contributed by atoms with Crippen LogP contribution in [-0.4, -0.2) is 42.2 Å². The number of hydrogen-bond donors (Lipinski definition) is 2. The number of carbonyl (C=O) groups is 1.